The van der Waals surface area contributed by atoms with Gasteiger partial charge in [0.1, 0.15) is 13.2 Å². The van der Waals surface area contributed by atoms with Crippen molar-refractivity contribution in [1.29, 1.82) is 0 Å². The smallest absolute Gasteiger partial charge is 0.306 e. The van der Waals surface area contributed by atoms with Gasteiger partial charge in [-0.1, -0.05) is 223 Å². The van der Waals surface area contributed by atoms with E-state index in [0.29, 0.717) is 19.3 Å². The molecule has 0 aliphatic rings. The van der Waals surface area contributed by atoms with Gasteiger partial charge in [-0.05, 0) is 77.0 Å². The number of esters is 3. The minimum Gasteiger partial charge on any atom is -0.462 e. The maximum Gasteiger partial charge on any atom is 0.306 e. The van der Waals surface area contributed by atoms with Crippen molar-refractivity contribution in [3.63, 3.8) is 0 Å². The molecule has 0 spiro atoms. The van der Waals surface area contributed by atoms with Crippen molar-refractivity contribution in [1.82, 2.24) is 0 Å². The number of unbranched alkanes of at least 4 members (excludes halogenated alkanes) is 29. The van der Waals surface area contributed by atoms with Gasteiger partial charge in [0.05, 0.1) is 0 Å². The lowest BCUT2D eigenvalue weighted by molar-refractivity contribution is -0.167. The molecule has 62 heavy (non-hydrogen) atoms. The van der Waals surface area contributed by atoms with E-state index in [1.165, 1.54) is 148 Å². The monoisotopic (exact) mass is 869 g/mol. The molecular formula is C56H100O6. The predicted octanol–water partition coefficient (Wildman–Crippen LogP) is 17.5. The van der Waals surface area contributed by atoms with Crippen molar-refractivity contribution >= 4 is 17.9 Å². The van der Waals surface area contributed by atoms with E-state index >= 15 is 0 Å². The highest BCUT2D eigenvalue weighted by molar-refractivity contribution is 5.71. The van der Waals surface area contributed by atoms with Crippen LogP contribution in [0.2, 0.25) is 0 Å². The first-order valence-electron chi connectivity index (χ1n) is 26.6. The number of hydrogen-bond donors (Lipinski definition) is 0. The fraction of sp³-hybridized carbons (Fsp3) is 0.804. The van der Waals surface area contributed by atoms with E-state index in [2.05, 4.69) is 69.4 Å². The molecule has 0 saturated heterocycles. The minimum absolute atomic E-state index is 0.0824. The molecule has 360 valence electrons. The quantitative estimate of drug-likeness (QED) is 0.0262. The van der Waals surface area contributed by atoms with Crippen LogP contribution < -0.4 is 0 Å². The molecule has 0 aliphatic carbocycles. The summed E-state index contributed by atoms with van der Waals surface area (Å²) >= 11 is 0. The van der Waals surface area contributed by atoms with Crippen LogP contribution >= 0.6 is 0 Å². The predicted molar refractivity (Wildman–Crippen MR) is 265 cm³/mol. The second-order valence-corrected chi connectivity index (χ2v) is 17.8. The Hall–Kier alpha value is -2.63. The molecule has 0 heterocycles. The van der Waals surface area contributed by atoms with E-state index < -0.39 is 6.10 Å². The van der Waals surface area contributed by atoms with Gasteiger partial charge < -0.3 is 14.2 Å². The number of rotatable bonds is 48. The van der Waals surface area contributed by atoms with Crippen LogP contribution in [0.4, 0.5) is 0 Å². The zero-order valence-electron chi connectivity index (χ0n) is 41.1. The summed E-state index contributed by atoms with van der Waals surface area (Å²) in [6.45, 7) is 6.51. The Bertz CT molecular complexity index is 1090. The summed E-state index contributed by atoms with van der Waals surface area (Å²) in [5.41, 5.74) is 0. The lowest BCUT2D eigenvalue weighted by atomic mass is 10.0. The Morgan fingerprint density at radius 2 is 0.629 bits per heavy atom. The van der Waals surface area contributed by atoms with Gasteiger partial charge in [0.15, 0.2) is 6.10 Å². The van der Waals surface area contributed by atoms with Crippen molar-refractivity contribution in [2.75, 3.05) is 13.2 Å². The van der Waals surface area contributed by atoms with Crippen LogP contribution in [0.15, 0.2) is 48.6 Å². The Kier molecular flexibility index (Phi) is 48.8. The molecule has 0 aromatic rings. The fourth-order valence-electron chi connectivity index (χ4n) is 7.57. The van der Waals surface area contributed by atoms with Gasteiger partial charge in [-0.3, -0.25) is 14.4 Å². The van der Waals surface area contributed by atoms with E-state index in [9.17, 15) is 14.4 Å². The number of allylic oxidation sites excluding steroid dienone is 8. The topological polar surface area (TPSA) is 78.9 Å². The number of carbonyl (C=O) groups is 3. The first kappa shape index (κ1) is 59.4. The Morgan fingerprint density at radius 1 is 0.339 bits per heavy atom. The molecule has 0 rings (SSSR count). The molecule has 0 N–H and O–H groups in total. The van der Waals surface area contributed by atoms with Crippen LogP contribution in [-0.2, 0) is 28.6 Å². The highest BCUT2D eigenvalue weighted by Crippen LogP contribution is 2.15. The summed E-state index contributed by atoms with van der Waals surface area (Å²) in [5, 5.41) is 0. The summed E-state index contributed by atoms with van der Waals surface area (Å²) in [4.78, 5) is 38.0. The van der Waals surface area contributed by atoms with Crippen LogP contribution in [0.1, 0.15) is 271 Å². The SMILES string of the molecule is CC/C=C\C/C=C\C/C=C\CCCCCC(=O)OCC(COC(=O)CCCCCCCCC/C=C\CCCCCCCC)OC(=O)CCCCCCCCCCCCCCCC. The maximum atomic E-state index is 12.8. The maximum absolute atomic E-state index is 12.8. The second kappa shape index (κ2) is 51.0. The van der Waals surface area contributed by atoms with Gasteiger partial charge in [0.2, 0.25) is 0 Å². The minimum atomic E-state index is -0.783. The first-order valence-corrected chi connectivity index (χ1v) is 26.6. The van der Waals surface area contributed by atoms with E-state index in [4.69, 9.17) is 14.2 Å². The zero-order valence-corrected chi connectivity index (χ0v) is 41.1. The van der Waals surface area contributed by atoms with E-state index in [0.717, 1.165) is 83.5 Å². The van der Waals surface area contributed by atoms with Gasteiger partial charge in [-0.25, -0.2) is 0 Å². The summed E-state index contributed by atoms with van der Waals surface area (Å²) in [5.74, 6) is -0.907. The Balaban J connectivity index is 4.38. The Labute approximate surface area is 384 Å². The van der Waals surface area contributed by atoms with Gasteiger partial charge >= 0.3 is 17.9 Å². The van der Waals surface area contributed by atoms with E-state index in [1.54, 1.807) is 0 Å². The number of ether oxygens (including phenoxy) is 3. The third-order valence-corrected chi connectivity index (χ3v) is 11.6. The van der Waals surface area contributed by atoms with Crippen LogP contribution in [0.25, 0.3) is 0 Å². The van der Waals surface area contributed by atoms with E-state index in [1.807, 2.05) is 0 Å². The molecule has 0 amide bonds. The molecule has 0 aliphatic heterocycles. The zero-order chi connectivity index (χ0) is 45.1. The standard InChI is InChI=1S/C56H100O6/c1-4-7-10-13-16-19-22-25-27-28-29-32-34-37-40-43-46-49-55(58)61-52-53(51-60-54(57)48-45-42-39-36-33-30-24-21-18-15-12-9-6-3)62-56(59)50-47-44-41-38-35-31-26-23-20-17-14-11-8-5-2/h9,12,18,21,25,27,30,33,53H,4-8,10-11,13-17,19-20,22-24,26,28-29,31-32,34-52H2,1-3H3/b12-9-,21-18-,27-25-,33-30-. The van der Waals surface area contributed by atoms with Gasteiger partial charge in [-0.15, -0.1) is 0 Å². The lowest BCUT2D eigenvalue weighted by Crippen LogP contribution is -2.30. The van der Waals surface area contributed by atoms with Crippen molar-refractivity contribution in [2.45, 2.75) is 277 Å². The first-order chi connectivity index (χ1) is 30.5. The van der Waals surface area contributed by atoms with Crippen LogP contribution in [-0.4, -0.2) is 37.2 Å². The van der Waals surface area contributed by atoms with Crippen molar-refractivity contribution in [3.8, 4) is 0 Å². The average Bonchev–Trinajstić information content (AvgIpc) is 3.27. The van der Waals surface area contributed by atoms with Crippen LogP contribution in [0.3, 0.4) is 0 Å². The molecule has 0 bridgehead atoms. The van der Waals surface area contributed by atoms with Crippen molar-refractivity contribution in [2.24, 2.45) is 0 Å². The van der Waals surface area contributed by atoms with Crippen LogP contribution in [0.5, 0.6) is 0 Å². The molecular weight excluding hydrogens is 769 g/mol. The number of carbonyl (C=O) groups excluding carboxylic acids is 3. The third kappa shape index (κ3) is 48.4. The molecule has 0 radical (unpaired) electrons. The summed E-state index contributed by atoms with van der Waals surface area (Å²) in [6.07, 6.45) is 61.0. The highest BCUT2D eigenvalue weighted by atomic mass is 16.6. The highest BCUT2D eigenvalue weighted by Gasteiger charge is 2.19. The molecule has 6 nitrogen and oxygen atoms in total. The molecule has 0 aromatic carbocycles. The molecule has 0 saturated carbocycles. The van der Waals surface area contributed by atoms with E-state index in [-0.39, 0.29) is 31.1 Å². The van der Waals surface area contributed by atoms with Gasteiger partial charge in [0.25, 0.3) is 0 Å². The summed E-state index contributed by atoms with van der Waals surface area (Å²) < 4.78 is 16.8. The molecule has 1 atom stereocenters. The number of hydrogen-bond acceptors (Lipinski definition) is 6. The largest absolute Gasteiger partial charge is 0.462 e. The summed E-state index contributed by atoms with van der Waals surface area (Å²) in [7, 11) is 0. The second-order valence-electron chi connectivity index (χ2n) is 17.8. The van der Waals surface area contributed by atoms with Gasteiger partial charge in [-0.2, -0.15) is 0 Å². The summed E-state index contributed by atoms with van der Waals surface area (Å²) in [6, 6.07) is 0. The van der Waals surface area contributed by atoms with Gasteiger partial charge in [0, 0.05) is 19.3 Å². The lowest BCUT2D eigenvalue weighted by Gasteiger charge is -2.18. The molecule has 1 unspecified atom stereocenters. The fourth-order valence-corrected chi connectivity index (χ4v) is 7.57. The normalized spacial score (nSPS) is 12.4. The Morgan fingerprint density at radius 3 is 1.02 bits per heavy atom. The third-order valence-electron chi connectivity index (χ3n) is 11.6. The van der Waals surface area contributed by atoms with Crippen LogP contribution in [0, 0.1) is 0 Å². The van der Waals surface area contributed by atoms with Crippen molar-refractivity contribution < 1.29 is 28.6 Å². The van der Waals surface area contributed by atoms with Crippen molar-refractivity contribution in [3.05, 3.63) is 48.6 Å². The molecule has 0 fully saturated rings. The average molecular weight is 869 g/mol. The molecule has 6 heteroatoms. The molecule has 0 aromatic heterocycles.